The Labute approximate surface area is 173 Å². The summed E-state index contributed by atoms with van der Waals surface area (Å²) in [7, 11) is 1.64. The number of fused-ring (bicyclic) bond motifs is 1. The average Bonchev–Trinajstić information content (AvgIpc) is 3.10. The van der Waals surface area contributed by atoms with Gasteiger partial charge in [-0.15, -0.1) is 0 Å². The Morgan fingerprint density at radius 3 is 2.56 bits per heavy atom. The van der Waals surface area contributed by atoms with Gasteiger partial charge in [-0.25, -0.2) is 4.98 Å². The zero-order valence-corrected chi connectivity index (χ0v) is 17.5. The topological polar surface area (TPSA) is 47.6 Å². The van der Waals surface area contributed by atoms with E-state index in [2.05, 4.69) is 41.8 Å². The van der Waals surface area contributed by atoms with Crippen LogP contribution in [0.1, 0.15) is 5.56 Å². The van der Waals surface area contributed by atoms with Crippen LogP contribution < -0.4 is 4.74 Å². The first-order chi connectivity index (χ1) is 13.1. The summed E-state index contributed by atoms with van der Waals surface area (Å²) < 4.78 is 13.0. The smallest absolute Gasteiger partial charge is 0.227 e. The zero-order valence-electron chi connectivity index (χ0n) is 14.3. The molecule has 0 aliphatic heterocycles. The summed E-state index contributed by atoms with van der Waals surface area (Å²) in [5.74, 6) is 1.38. The van der Waals surface area contributed by atoms with E-state index in [1.165, 1.54) is 0 Å². The highest BCUT2D eigenvalue weighted by molar-refractivity contribution is 9.10. The van der Waals surface area contributed by atoms with Crippen molar-refractivity contribution in [3.05, 3.63) is 75.2 Å². The maximum Gasteiger partial charge on any atom is 0.227 e. The fourth-order valence-electron chi connectivity index (χ4n) is 2.62. The van der Waals surface area contributed by atoms with Crippen molar-refractivity contribution in [2.24, 2.45) is 4.99 Å². The van der Waals surface area contributed by atoms with E-state index >= 15 is 0 Å². The molecule has 0 radical (unpaired) electrons. The van der Waals surface area contributed by atoms with Crippen LogP contribution in [0.15, 0.2) is 79.0 Å². The van der Waals surface area contributed by atoms with Gasteiger partial charge in [0.05, 0.1) is 17.3 Å². The van der Waals surface area contributed by atoms with E-state index in [0.717, 1.165) is 42.6 Å². The van der Waals surface area contributed by atoms with Gasteiger partial charge in [-0.3, -0.25) is 4.99 Å². The Morgan fingerprint density at radius 2 is 1.81 bits per heavy atom. The third kappa shape index (κ3) is 3.96. The third-order valence-electron chi connectivity index (χ3n) is 4.00. The summed E-state index contributed by atoms with van der Waals surface area (Å²) >= 11 is 6.92. The number of hydrogen-bond acceptors (Lipinski definition) is 4. The first kappa shape index (κ1) is 17.9. The van der Waals surface area contributed by atoms with Gasteiger partial charge in [-0.2, -0.15) is 0 Å². The average molecular weight is 486 g/mol. The quantitative estimate of drug-likeness (QED) is 0.299. The molecule has 4 rings (SSSR count). The van der Waals surface area contributed by atoms with E-state index in [1.807, 2.05) is 60.7 Å². The second-order valence-electron chi connectivity index (χ2n) is 5.83. The number of nitrogens with zero attached hydrogens (tertiary/aromatic N) is 2. The maximum atomic E-state index is 5.85. The maximum absolute atomic E-state index is 5.85. The van der Waals surface area contributed by atoms with Crippen LogP contribution in [0.4, 0.5) is 5.69 Å². The number of ether oxygens (including phenoxy) is 1. The molecule has 4 aromatic rings. The van der Waals surface area contributed by atoms with Gasteiger partial charge in [0.25, 0.3) is 0 Å². The van der Waals surface area contributed by atoms with Crippen LogP contribution in [-0.4, -0.2) is 18.3 Å². The molecule has 0 fully saturated rings. The fraction of sp³-hybridized carbons (Fsp3) is 0.0476. The van der Waals surface area contributed by atoms with E-state index in [0.29, 0.717) is 5.89 Å². The van der Waals surface area contributed by atoms with Crippen LogP contribution in [0.25, 0.3) is 22.6 Å². The minimum absolute atomic E-state index is 0.595. The van der Waals surface area contributed by atoms with Crippen molar-refractivity contribution < 1.29 is 9.15 Å². The van der Waals surface area contributed by atoms with E-state index in [1.54, 1.807) is 13.3 Å². The number of rotatable bonds is 4. The van der Waals surface area contributed by atoms with Gasteiger partial charge in [0.15, 0.2) is 5.58 Å². The molecule has 1 aromatic heterocycles. The second-order valence-corrected chi connectivity index (χ2v) is 7.60. The van der Waals surface area contributed by atoms with Crippen LogP contribution in [0.3, 0.4) is 0 Å². The van der Waals surface area contributed by atoms with Crippen molar-refractivity contribution in [3.8, 4) is 17.2 Å². The lowest BCUT2D eigenvalue weighted by molar-refractivity contribution is 0.412. The van der Waals surface area contributed by atoms with Gasteiger partial charge < -0.3 is 9.15 Å². The number of aliphatic imine (C=N–C) groups is 1. The summed E-state index contributed by atoms with van der Waals surface area (Å²) in [4.78, 5) is 9.13. The number of oxazole rings is 1. The van der Waals surface area contributed by atoms with Gasteiger partial charge >= 0.3 is 0 Å². The van der Waals surface area contributed by atoms with Crippen LogP contribution in [0.5, 0.6) is 5.75 Å². The molecular formula is C21H14Br2N2O2. The summed E-state index contributed by atoms with van der Waals surface area (Å²) in [6.45, 7) is 0. The molecule has 0 bridgehead atoms. The summed E-state index contributed by atoms with van der Waals surface area (Å²) in [5, 5.41) is 0. The first-order valence-corrected chi connectivity index (χ1v) is 9.75. The molecule has 0 saturated carbocycles. The van der Waals surface area contributed by atoms with Gasteiger partial charge in [-0.1, -0.05) is 15.9 Å². The van der Waals surface area contributed by atoms with E-state index in [-0.39, 0.29) is 0 Å². The van der Waals surface area contributed by atoms with E-state index < -0.39 is 0 Å². The molecular weight excluding hydrogens is 472 g/mol. The van der Waals surface area contributed by atoms with Crippen molar-refractivity contribution in [2.75, 3.05) is 7.11 Å². The number of halogens is 2. The fourth-order valence-corrected chi connectivity index (χ4v) is 3.45. The van der Waals surface area contributed by atoms with Gasteiger partial charge in [0, 0.05) is 16.3 Å². The SMILES string of the molecule is COc1ccc(C=Nc2ccc3oc(-c4ccc(Br)cc4)nc3c2)cc1Br. The van der Waals surface area contributed by atoms with Crippen LogP contribution in [0, 0.1) is 0 Å². The van der Waals surface area contributed by atoms with Crippen LogP contribution >= 0.6 is 31.9 Å². The van der Waals surface area contributed by atoms with Crippen molar-refractivity contribution in [1.82, 2.24) is 4.98 Å². The predicted octanol–water partition coefficient (Wildman–Crippen LogP) is 6.78. The molecule has 0 atom stereocenters. The second kappa shape index (κ2) is 7.66. The van der Waals surface area contributed by atoms with Crippen molar-refractivity contribution >= 4 is 54.9 Å². The molecule has 134 valence electrons. The largest absolute Gasteiger partial charge is 0.496 e. The van der Waals surface area contributed by atoms with Gasteiger partial charge in [-0.05, 0) is 82.2 Å². The predicted molar refractivity (Wildman–Crippen MR) is 115 cm³/mol. The number of benzene rings is 3. The molecule has 0 spiro atoms. The van der Waals surface area contributed by atoms with Crippen LogP contribution in [0.2, 0.25) is 0 Å². The Hall–Kier alpha value is -2.44. The lowest BCUT2D eigenvalue weighted by Crippen LogP contribution is -1.86. The molecule has 6 heteroatoms. The zero-order chi connectivity index (χ0) is 18.8. The Morgan fingerprint density at radius 1 is 1.00 bits per heavy atom. The molecule has 0 unspecified atom stereocenters. The molecule has 1 heterocycles. The number of methoxy groups -OCH3 is 1. The standard InChI is InChI=1S/C21H14Br2N2O2/c1-26-19-8-2-13(10-17(19)23)12-24-16-7-9-20-18(11-16)25-21(27-20)14-3-5-15(22)6-4-14/h2-12H,1H3. The highest BCUT2D eigenvalue weighted by Gasteiger charge is 2.08. The monoisotopic (exact) mass is 484 g/mol. The minimum atomic E-state index is 0.595. The molecule has 0 aliphatic rings. The Bertz CT molecular complexity index is 1130. The normalized spacial score (nSPS) is 11.4. The number of hydrogen-bond donors (Lipinski definition) is 0. The van der Waals surface area contributed by atoms with Crippen molar-refractivity contribution in [3.63, 3.8) is 0 Å². The Balaban J connectivity index is 1.61. The number of aromatic nitrogens is 1. The lowest BCUT2D eigenvalue weighted by Gasteiger charge is -2.03. The molecule has 0 amide bonds. The summed E-state index contributed by atoms with van der Waals surface area (Å²) in [6.07, 6.45) is 1.81. The molecule has 0 N–H and O–H groups in total. The first-order valence-electron chi connectivity index (χ1n) is 8.16. The van der Waals surface area contributed by atoms with E-state index in [9.17, 15) is 0 Å². The highest BCUT2D eigenvalue weighted by Crippen LogP contribution is 2.28. The molecule has 27 heavy (non-hydrogen) atoms. The highest BCUT2D eigenvalue weighted by atomic mass is 79.9. The van der Waals surface area contributed by atoms with Crippen molar-refractivity contribution in [2.45, 2.75) is 0 Å². The minimum Gasteiger partial charge on any atom is -0.496 e. The van der Waals surface area contributed by atoms with Crippen molar-refractivity contribution in [1.29, 1.82) is 0 Å². The van der Waals surface area contributed by atoms with Crippen LogP contribution in [-0.2, 0) is 0 Å². The third-order valence-corrected chi connectivity index (χ3v) is 5.15. The van der Waals surface area contributed by atoms with Gasteiger partial charge in [0.2, 0.25) is 5.89 Å². The van der Waals surface area contributed by atoms with E-state index in [4.69, 9.17) is 9.15 Å². The molecule has 3 aromatic carbocycles. The summed E-state index contributed by atoms with van der Waals surface area (Å²) in [5.41, 5.74) is 4.23. The summed E-state index contributed by atoms with van der Waals surface area (Å²) in [6, 6.07) is 19.4. The molecule has 0 aliphatic carbocycles. The Kier molecular flexibility index (Phi) is 5.09. The molecule has 0 saturated heterocycles. The van der Waals surface area contributed by atoms with Gasteiger partial charge in [0.1, 0.15) is 11.3 Å². The lowest BCUT2D eigenvalue weighted by atomic mass is 10.2. The molecule has 4 nitrogen and oxygen atoms in total.